The van der Waals surface area contributed by atoms with Crippen molar-refractivity contribution in [1.82, 2.24) is 14.8 Å². The van der Waals surface area contributed by atoms with Crippen LogP contribution in [0.25, 0.3) is 6.08 Å². The van der Waals surface area contributed by atoms with Gasteiger partial charge in [0.15, 0.2) is 0 Å². The van der Waals surface area contributed by atoms with Crippen LogP contribution >= 0.6 is 0 Å². The molecule has 1 aliphatic rings. The molecule has 6 nitrogen and oxygen atoms in total. The van der Waals surface area contributed by atoms with Gasteiger partial charge in [-0.25, -0.2) is 0 Å². The number of allylic oxidation sites excluding steroid dienone is 2. The summed E-state index contributed by atoms with van der Waals surface area (Å²) in [6, 6.07) is 8.42. The van der Waals surface area contributed by atoms with Crippen LogP contribution in [0.1, 0.15) is 27.9 Å². The van der Waals surface area contributed by atoms with Crippen molar-refractivity contribution >= 4 is 12.0 Å². The van der Waals surface area contributed by atoms with Crippen molar-refractivity contribution in [2.45, 2.75) is 32.6 Å². The van der Waals surface area contributed by atoms with Gasteiger partial charge in [-0.2, -0.15) is 0 Å². The molecule has 1 amide bonds. The van der Waals surface area contributed by atoms with E-state index < -0.39 is 6.10 Å². The lowest BCUT2D eigenvalue weighted by atomic mass is 10.00. The summed E-state index contributed by atoms with van der Waals surface area (Å²) in [5.74, 6) is -0.222. The molecule has 0 saturated carbocycles. The molecule has 1 aromatic heterocycles. The van der Waals surface area contributed by atoms with Crippen LogP contribution in [0.2, 0.25) is 0 Å². The summed E-state index contributed by atoms with van der Waals surface area (Å²) in [6.07, 6.45) is 8.01. The molecule has 31 heavy (non-hydrogen) atoms. The molecule has 2 N–H and O–H groups in total. The number of rotatable bonds is 10. The molecule has 1 aliphatic heterocycles. The highest BCUT2D eigenvalue weighted by Gasteiger charge is 2.19. The summed E-state index contributed by atoms with van der Waals surface area (Å²) in [5, 5.41) is 13.1. The Morgan fingerprint density at radius 2 is 2.13 bits per heavy atom. The fourth-order valence-corrected chi connectivity index (χ4v) is 4.02. The Morgan fingerprint density at radius 3 is 2.90 bits per heavy atom. The number of amides is 1. The van der Waals surface area contributed by atoms with Crippen LogP contribution in [0, 0.1) is 6.92 Å². The summed E-state index contributed by atoms with van der Waals surface area (Å²) in [4.78, 5) is 14.4. The van der Waals surface area contributed by atoms with Crippen LogP contribution in [0.3, 0.4) is 0 Å². The molecule has 1 aromatic carbocycles. The SMILES string of the molecule is C=C/C=C\c1c(COCC(=O)NCC(O)CN2CCc3ccccc3C2)c(C)cn1C. The quantitative estimate of drug-likeness (QED) is 0.577. The Morgan fingerprint density at radius 1 is 1.35 bits per heavy atom. The van der Waals surface area contributed by atoms with Gasteiger partial charge in [0.05, 0.1) is 12.7 Å². The third kappa shape index (κ3) is 6.40. The molecular weight excluding hydrogens is 390 g/mol. The zero-order valence-corrected chi connectivity index (χ0v) is 18.5. The molecule has 0 bridgehead atoms. The molecule has 1 atom stereocenters. The second-order valence-corrected chi connectivity index (χ2v) is 8.09. The van der Waals surface area contributed by atoms with Crippen molar-refractivity contribution in [3.05, 3.63) is 77.1 Å². The van der Waals surface area contributed by atoms with Crippen LogP contribution in [-0.2, 0) is 36.2 Å². The predicted molar refractivity (Wildman–Crippen MR) is 123 cm³/mol. The Balaban J connectivity index is 1.39. The number of aryl methyl sites for hydroxylation is 2. The molecule has 2 aromatic rings. The van der Waals surface area contributed by atoms with Crippen LogP contribution in [0.4, 0.5) is 0 Å². The maximum absolute atomic E-state index is 12.1. The number of nitrogens with zero attached hydrogens (tertiary/aromatic N) is 2. The standard InChI is InChI=1S/C25H33N3O3/c1-4-5-10-24-23(19(2)14-27(24)3)17-31-18-25(30)26-13-22(29)16-28-12-11-20-8-6-7-9-21(20)15-28/h4-10,14,22,29H,1,11-13,15-18H2,2-3H3,(H,26,30)/b10-5-. The average Bonchev–Trinajstić information content (AvgIpc) is 3.03. The van der Waals surface area contributed by atoms with Gasteiger partial charge in [-0.15, -0.1) is 0 Å². The van der Waals surface area contributed by atoms with Gasteiger partial charge < -0.3 is 19.7 Å². The van der Waals surface area contributed by atoms with Gasteiger partial charge in [0.1, 0.15) is 6.61 Å². The number of aliphatic hydroxyl groups is 1. The van der Waals surface area contributed by atoms with Crippen molar-refractivity contribution in [2.24, 2.45) is 7.05 Å². The number of aromatic nitrogens is 1. The number of β-amino-alcohol motifs (C(OH)–C–C–N with tert-alkyl or cyclic N) is 1. The summed E-state index contributed by atoms with van der Waals surface area (Å²) in [5.41, 5.74) is 5.91. The number of hydrogen-bond donors (Lipinski definition) is 2. The smallest absolute Gasteiger partial charge is 0.246 e. The minimum atomic E-state index is -0.610. The molecule has 2 heterocycles. The third-order valence-electron chi connectivity index (χ3n) is 5.64. The molecule has 0 aliphatic carbocycles. The number of hydrogen-bond acceptors (Lipinski definition) is 4. The molecule has 0 spiro atoms. The lowest BCUT2D eigenvalue weighted by molar-refractivity contribution is -0.126. The van der Waals surface area contributed by atoms with E-state index in [9.17, 15) is 9.90 Å². The number of ether oxygens (including phenoxy) is 1. The van der Waals surface area contributed by atoms with E-state index in [1.165, 1.54) is 11.1 Å². The van der Waals surface area contributed by atoms with E-state index in [1.807, 2.05) is 36.9 Å². The van der Waals surface area contributed by atoms with E-state index >= 15 is 0 Å². The normalized spacial score (nSPS) is 15.1. The number of carbonyl (C=O) groups excluding carboxylic acids is 1. The highest BCUT2D eigenvalue weighted by Crippen LogP contribution is 2.19. The van der Waals surface area contributed by atoms with Gasteiger partial charge in [-0.1, -0.05) is 43.0 Å². The van der Waals surface area contributed by atoms with Crippen molar-refractivity contribution in [2.75, 3.05) is 26.2 Å². The molecular formula is C25H33N3O3. The molecule has 1 unspecified atom stereocenters. The second kappa shape index (κ2) is 11.1. The van der Waals surface area contributed by atoms with E-state index in [0.717, 1.165) is 36.3 Å². The summed E-state index contributed by atoms with van der Waals surface area (Å²) < 4.78 is 7.67. The lowest BCUT2D eigenvalue weighted by Crippen LogP contribution is -2.42. The maximum atomic E-state index is 12.1. The minimum absolute atomic E-state index is 0.0389. The molecule has 0 saturated heterocycles. The highest BCUT2D eigenvalue weighted by molar-refractivity contribution is 5.77. The number of benzene rings is 1. The third-order valence-corrected chi connectivity index (χ3v) is 5.64. The van der Waals surface area contributed by atoms with Crippen LogP contribution < -0.4 is 5.32 Å². The van der Waals surface area contributed by atoms with Gasteiger partial charge in [0, 0.05) is 50.7 Å². The largest absolute Gasteiger partial charge is 0.390 e. The first-order valence-corrected chi connectivity index (χ1v) is 10.7. The molecule has 6 heteroatoms. The Hall–Kier alpha value is -2.67. The summed E-state index contributed by atoms with van der Waals surface area (Å²) in [7, 11) is 1.98. The highest BCUT2D eigenvalue weighted by atomic mass is 16.5. The maximum Gasteiger partial charge on any atom is 0.246 e. The number of carbonyl (C=O) groups is 1. The van der Waals surface area contributed by atoms with Gasteiger partial charge in [0.2, 0.25) is 5.91 Å². The Bertz CT molecular complexity index is 932. The average molecular weight is 424 g/mol. The zero-order valence-electron chi connectivity index (χ0n) is 18.5. The van der Waals surface area contributed by atoms with Crippen LogP contribution in [0.15, 0.2) is 49.2 Å². The van der Waals surface area contributed by atoms with Crippen molar-refractivity contribution in [3.63, 3.8) is 0 Å². The van der Waals surface area contributed by atoms with Gasteiger partial charge in [0.25, 0.3) is 0 Å². The molecule has 0 fully saturated rings. The van der Waals surface area contributed by atoms with E-state index in [1.54, 1.807) is 6.08 Å². The van der Waals surface area contributed by atoms with Gasteiger partial charge >= 0.3 is 0 Å². The Kier molecular flexibility index (Phi) is 8.23. The lowest BCUT2D eigenvalue weighted by Gasteiger charge is -2.30. The van der Waals surface area contributed by atoms with Gasteiger partial charge in [-0.05, 0) is 36.1 Å². The monoisotopic (exact) mass is 423 g/mol. The summed E-state index contributed by atoms with van der Waals surface area (Å²) in [6.45, 7) is 8.56. The van der Waals surface area contributed by atoms with Crippen LogP contribution in [-0.4, -0.2) is 52.8 Å². The van der Waals surface area contributed by atoms with Crippen molar-refractivity contribution < 1.29 is 14.6 Å². The molecule has 3 rings (SSSR count). The van der Waals surface area contributed by atoms with Crippen molar-refractivity contribution in [3.8, 4) is 0 Å². The molecule has 166 valence electrons. The second-order valence-electron chi connectivity index (χ2n) is 8.09. The van der Waals surface area contributed by atoms with Gasteiger partial charge in [-0.3, -0.25) is 9.69 Å². The number of nitrogens with one attached hydrogen (secondary N) is 1. The van der Waals surface area contributed by atoms with E-state index in [4.69, 9.17) is 4.74 Å². The summed E-state index contributed by atoms with van der Waals surface area (Å²) >= 11 is 0. The first-order chi connectivity index (χ1) is 15.0. The van der Waals surface area contributed by atoms with Crippen LogP contribution in [0.5, 0.6) is 0 Å². The van der Waals surface area contributed by atoms with E-state index in [2.05, 4.69) is 41.1 Å². The predicted octanol–water partition coefficient (Wildman–Crippen LogP) is 2.58. The van der Waals surface area contributed by atoms with E-state index in [-0.39, 0.29) is 19.1 Å². The number of fused-ring (bicyclic) bond motifs is 1. The molecule has 0 radical (unpaired) electrons. The first kappa shape index (κ1) is 23.0. The van der Waals surface area contributed by atoms with Crippen molar-refractivity contribution in [1.29, 1.82) is 0 Å². The fourth-order valence-electron chi connectivity index (χ4n) is 4.02. The first-order valence-electron chi connectivity index (χ1n) is 10.7. The minimum Gasteiger partial charge on any atom is -0.390 e. The topological polar surface area (TPSA) is 66.7 Å². The zero-order chi connectivity index (χ0) is 22.2. The van der Waals surface area contributed by atoms with E-state index in [0.29, 0.717) is 13.2 Å². The number of aliphatic hydroxyl groups excluding tert-OH is 1. The fraction of sp³-hybridized carbons (Fsp3) is 0.400. The Labute approximate surface area is 184 Å².